The maximum Gasteiger partial charge on any atom is 0.224 e. The van der Waals surface area contributed by atoms with E-state index < -0.39 is 0 Å². The van der Waals surface area contributed by atoms with E-state index in [2.05, 4.69) is 34.6 Å². The lowest BCUT2D eigenvalue weighted by Gasteiger charge is -2.06. The van der Waals surface area contributed by atoms with Crippen LogP contribution in [0.15, 0.2) is 42.5 Å². The average molecular weight is 336 g/mol. The number of aromatic nitrogens is 1. The van der Waals surface area contributed by atoms with Crippen molar-refractivity contribution in [2.45, 2.75) is 32.1 Å². The summed E-state index contributed by atoms with van der Waals surface area (Å²) in [5.41, 5.74) is 5.04. The van der Waals surface area contributed by atoms with E-state index in [0.717, 1.165) is 28.9 Å². The molecule has 0 saturated carbocycles. The van der Waals surface area contributed by atoms with Gasteiger partial charge >= 0.3 is 0 Å². The number of hydrogen-bond acceptors (Lipinski definition) is 3. The van der Waals surface area contributed by atoms with Gasteiger partial charge in [0.1, 0.15) is 0 Å². The lowest BCUT2D eigenvalue weighted by Crippen LogP contribution is -2.27. The van der Waals surface area contributed by atoms with Crippen LogP contribution in [0.3, 0.4) is 0 Å². The molecule has 1 heterocycles. The molecule has 0 saturated heterocycles. The summed E-state index contributed by atoms with van der Waals surface area (Å²) in [6, 6.07) is 14.6. The predicted molar refractivity (Wildman–Crippen MR) is 98.5 cm³/mol. The number of thiazole rings is 1. The van der Waals surface area contributed by atoms with Gasteiger partial charge in [-0.05, 0) is 48.1 Å². The van der Waals surface area contributed by atoms with Crippen LogP contribution in [0.2, 0.25) is 0 Å². The van der Waals surface area contributed by atoms with Gasteiger partial charge < -0.3 is 5.32 Å². The highest BCUT2D eigenvalue weighted by molar-refractivity contribution is 7.18. The molecule has 3 nitrogen and oxygen atoms in total. The summed E-state index contributed by atoms with van der Waals surface area (Å²) >= 11 is 1.70. The fourth-order valence-electron chi connectivity index (χ4n) is 3.32. The van der Waals surface area contributed by atoms with E-state index >= 15 is 0 Å². The maximum atomic E-state index is 12.1. The lowest BCUT2D eigenvalue weighted by atomic mass is 10.0. The average Bonchev–Trinajstić information content (AvgIpc) is 3.20. The van der Waals surface area contributed by atoms with Crippen LogP contribution in [0, 0.1) is 0 Å². The van der Waals surface area contributed by atoms with Crippen LogP contribution in [0.4, 0.5) is 0 Å². The zero-order valence-corrected chi connectivity index (χ0v) is 14.4. The van der Waals surface area contributed by atoms with Gasteiger partial charge in [-0.15, -0.1) is 11.3 Å². The minimum Gasteiger partial charge on any atom is -0.355 e. The summed E-state index contributed by atoms with van der Waals surface area (Å²) in [7, 11) is 0. The molecule has 0 aliphatic heterocycles. The molecular weight excluding hydrogens is 316 g/mol. The van der Waals surface area contributed by atoms with E-state index in [1.807, 2.05) is 18.2 Å². The van der Waals surface area contributed by atoms with Crippen molar-refractivity contribution in [3.8, 4) is 0 Å². The minimum absolute atomic E-state index is 0.0917. The summed E-state index contributed by atoms with van der Waals surface area (Å²) < 4.78 is 1.21. The molecule has 2 aromatic carbocycles. The third-order valence-corrected chi connectivity index (χ3v) is 5.62. The quantitative estimate of drug-likeness (QED) is 0.772. The molecule has 0 fully saturated rings. The third-order valence-electron chi connectivity index (χ3n) is 4.53. The van der Waals surface area contributed by atoms with Crippen LogP contribution in [0.25, 0.3) is 10.2 Å². The van der Waals surface area contributed by atoms with E-state index in [1.165, 1.54) is 28.7 Å². The molecule has 3 aromatic rings. The standard InChI is InChI=1S/C20H20N2OS/c23-19(13-14-8-9-15-4-3-5-16(15)12-14)21-11-10-20-22-17-6-1-2-7-18(17)24-20/h1-2,6-9,12H,3-5,10-11,13H2,(H,21,23). The molecule has 122 valence electrons. The molecular formula is C20H20N2OS. The smallest absolute Gasteiger partial charge is 0.224 e. The number of hydrogen-bond donors (Lipinski definition) is 1. The molecule has 1 aliphatic carbocycles. The number of aryl methyl sites for hydroxylation is 2. The molecule has 1 amide bonds. The van der Waals surface area contributed by atoms with Crippen molar-refractivity contribution >= 4 is 27.5 Å². The first kappa shape index (κ1) is 15.3. The second kappa shape index (κ2) is 6.73. The van der Waals surface area contributed by atoms with Crippen molar-refractivity contribution in [3.63, 3.8) is 0 Å². The molecule has 4 heteroatoms. The van der Waals surface area contributed by atoms with Gasteiger partial charge in [-0.2, -0.15) is 0 Å². The number of benzene rings is 2. The van der Waals surface area contributed by atoms with Crippen LogP contribution in [-0.2, 0) is 30.5 Å². The Labute approximate surface area is 145 Å². The largest absolute Gasteiger partial charge is 0.355 e. The summed E-state index contributed by atoms with van der Waals surface area (Å²) in [4.78, 5) is 16.7. The Morgan fingerprint density at radius 3 is 2.92 bits per heavy atom. The van der Waals surface area contributed by atoms with Gasteiger partial charge in [0, 0.05) is 13.0 Å². The van der Waals surface area contributed by atoms with E-state index in [-0.39, 0.29) is 5.91 Å². The first-order chi connectivity index (χ1) is 11.8. The highest BCUT2D eigenvalue weighted by Crippen LogP contribution is 2.23. The van der Waals surface area contributed by atoms with Crippen molar-refractivity contribution in [1.29, 1.82) is 0 Å². The van der Waals surface area contributed by atoms with E-state index in [1.54, 1.807) is 11.3 Å². The van der Waals surface area contributed by atoms with Crippen molar-refractivity contribution < 1.29 is 4.79 Å². The number of para-hydroxylation sites is 1. The van der Waals surface area contributed by atoms with Crippen LogP contribution < -0.4 is 5.32 Å². The Morgan fingerprint density at radius 1 is 1.12 bits per heavy atom. The molecule has 1 N–H and O–H groups in total. The number of rotatable bonds is 5. The van der Waals surface area contributed by atoms with Crippen molar-refractivity contribution in [3.05, 3.63) is 64.2 Å². The summed E-state index contributed by atoms with van der Waals surface area (Å²) in [5.74, 6) is 0.0917. The zero-order valence-electron chi connectivity index (χ0n) is 13.5. The summed E-state index contributed by atoms with van der Waals surface area (Å²) in [5, 5.41) is 4.10. The molecule has 1 aromatic heterocycles. The van der Waals surface area contributed by atoms with Crippen LogP contribution in [-0.4, -0.2) is 17.4 Å². The molecule has 0 atom stereocenters. The summed E-state index contributed by atoms with van der Waals surface area (Å²) in [6.07, 6.45) is 4.84. The SMILES string of the molecule is O=C(Cc1ccc2c(c1)CCC2)NCCc1nc2ccccc2s1. The highest BCUT2D eigenvalue weighted by atomic mass is 32.1. The van der Waals surface area contributed by atoms with Crippen molar-refractivity contribution in [1.82, 2.24) is 10.3 Å². The fourth-order valence-corrected chi connectivity index (χ4v) is 4.29. The normalized spacial score (nSPS) is 13.2. The maximum absolute atomic E-state index is 12.1. The first-order valence-electron chi connectivity index (χ1n) is 8.50. The Kier molecular flexibility index (Phi) is 4.30. The highest BCUT2D eigenvalue weighted by Gasteiger charge is 2.12. The number of amides is 1. The van der Waals surface area contributed by atoms with E-state index in [9.17, 15) is 4.79 Å². The van der Waals surface area contributed by atoms with Gasteiger partial charge in [0.05, 0.1) is 21.6 Å². The fraction of sp³-hybridized carbons (Fsp3) is 0.300. The minimum atomic E-state index is 0.0917. The lowest BCUT2D eigenvalue weighted by molar-refractivity contribution is -0.120. The van der Waals surface area contributed by atoms with Crippen molar-refractivity contribution in [2.24, 2.45) is 0 Å². The molecule has 0 radical (unpaired) electrons. The summed E-state index contributed by atoms with van der Waals surface area (Å²) in [6.45, 7) is 0.642. The van der Waals surface area contributed by atoms with Gasteiger partial charge in [-0.25, -0.2) is 4.98 Å². The monoisotopic (exact) mass is 336 g/mol. The van der Waals surface area contributed by atoms with Gasteiger partial charge in [-0.1, -0.05) is 30.3 Å². The van der Waals surface area contributed by atoms with Gasteiger partial charge in [-0.3, -0.25) is 4.79 Å². The third kappa shape index (κ3) is 3.34. The van der Waals surface area contributed by atoms with E-state index in [4.69, 9.17) is 0 Å². The first-order valence-corrected chi connectivity index (χ1v) is 9.31. The molecule has 24 heavy (non-hydrogen) atoms. The predicted octanol–water partition coefficient (Wildman–Crippen LogP) is 3.69. The number of carbonyl (C=O) groups excluding carboxylic acids is 1. The van der Waals surface area contributed by atoms with Crippen molar-refractivity contribution in [2.75, 3.05) is 6.54 Å². The topological polar surface area (TPSA) is 42.0 Å². The molecule has 0 bridgehead atoms. The Bertz CT molecular complexity index is 851. The molecule has 0 spiro atoms. The van der Waals surface area contributed by atoms with E-state index in [0.29, 0.717) is 13.0 Å². The molecule has 4 rings (SSSR count). The molecule has 1 aliphatic rings. The number of carbonyl (C=O) groups is 1. The van der Waals surface area contributed by atoms with Gasteiger partial charge in [0.25, 0.3) is 0 Å². The number of nitrogens with one attached hydrogen (secondary N) is 1. The van der Waals surface area contributed by atoms with Crippen LogP contribution in [0.5, 0.6) is 0 Å². The van der Waals surface area contributed by atoms with Crippen LogP contribution >= 0.6 is 11.3 Å². The Morgan fingerprint density at radius 2 is 2.00 bits per heavy atom. The van der Waals surface area contributed by atoms with Gasteiger partial charge in [0.2, 0.25) is 5.91 Å². The number of fused-ring (bicyclic) bond motifs is 2. The number of nitrogens with zero attached hydrogens (tertiary/aromatic N) is 1. The second-order valence-electron chi connectivity index (χ2n) is 6.31. The Hall–Kier alpha value is -2.20. The Balaban J connectivity index is 1.30. The zero-order chi connectivity index (χ0) is 16.4. The second-order valence-corrected chi connectivity index (χ2v) is 7.42. The van der Waals surface area contributed by atoms with Gasteiger partial charge in [0.15, 0.2) is 0 Å². The molecule has 0 unspecified atom stereocenters. The van der Waals surface area contributed by atoms with Crippen LogP contribution in [0.1, 0.15) is 28.1 Å².